The van der Waals surface area contributed by atoms with E-state index in [-0.39, 0.29) is 0 Å². The van der Waals surface area contributed by atoms with Gasteiger partial charge in [-0.15, -0.1) is 0 Å². The summed E-state index contributed by atoms with van der Waals surface area (Å²) in [6.45, 7) is 0. The Morgan fingerprint density at radius 2 is 1.00 bits per heavy atom. The first-order valence-electron chi connectivity index (χ1n) is 10.7. The summed E-state index contributed by atoms with van der Waals surface area (Å²) in [5, 5.41) is 3.53. The van der Waals surface area contributed by atoms with E-state index in [1.165, 1.54) is 10.8 Å². The molecule has 4 aromatic carbocycles. The summed E-state index contributed by atoms with van der Waals surface area (Å²) in [5.41, 5.74) is 6.41. The summed E-state index contributed by atoms with van der Waals surface area (Å²) in [6, 6.07) is 35.7. The van der Waals surface area contributed by atoms with Crippen LogP contribution in [0.2, 0.25) is 0 Å². The van der Waals surface area contributed by atoms with E-state index in [0.29, 0.717) is 5.95 Å². The number of fused-ring (bicyclic) bond motifs is 6. The molecule has 0 spiro atoms. The lowest BCUT2D eigenvalue weighted by molar-refractivity contribution is 1.01. The first kappa shape index (κ1) is 17.3. The Morgan fingerprint density at radius 1 is 0.469 bits per heavy atom. The summed E-state index contributed by atoms with van der Waals surface area (Å²) in [6.07, 6.45) is 1.95. The molecule has 0 saturated carbocycles. The molecule has 0 unspecified atom stereocenters. The molecule has 7 rings (SSSR count). The largest absolute Gasteiger partial charge is 0.306 e. The van der Waals surface area contributed by atoms with Crippen LogP contribution in [0.5, 0.6) is 0 Å². The van der Waals surface area contributed by atoms with Gasteiger partial charge in [0.2, 0.25) is 5.95 Å². The normalized spacial score (nSPS) is 11.8. The van der Waals surface area contributed by atoms with Crippen molar-refractivity contribution >= 4 is 43.7 Å². The number of hydrogen-bond acceptors (Lipinski definition) is 2. The molecule has 0 aliphatic heterocycles. The van der Waals surface area contributed by atoms with Gasteiger partial charge in [-0.2, -0.15) is 0 Å². The van der Waals surface area contributed by atoms with Crippen LogP contribution in [0.25, 0.3) is 55.4 Å². The minimum atomic E-state index is 0.686. The van der Waals surface area contributed by atoms with Crippen molar-refractivity contribution in [2.24, 2.45) is 0 Å². The molecule has 0 aliphatic rings. The SMILES string of the molecule is c1ccc(-n2c3ccccc3c3nc(-n4c5ccccc5c5ccccc54)ncc32)cc1. The summed E-state index contributed by atoms with van der Waals surface area (Å²) in [5.74, 6) is 0.686. The van der Waals surface area contributed by atoms with E-state index in [4.69, 9.17) is 9.97 Å². The van der Waals surface area contributed by atoms with Crippen LogP contribution >= 0.6 is 0 Å². The number of aromatic nitrogens is 4. The molecule has 32 heavy (non-hydrogen) atoms. The molecule has 3 heterocycles. The maximum absolute atomic E-state index is 5.12. The summed E-state index contributed by atoms with van der Waals surface area (Å²) in [7, 11) is 0. The van der Waals surface area contributed by atoms with Gasteiger partial charge in [-0.1, -0.05) is 72.8 Å². The van der Waals surface area contributed by atoms with Crippen LogP contribution in [-0.2, 0) is 0 Å². The van der Waals surface area contributed by atoms with Crippen LogP contribution in [-0.4, -0.2) is 19.1 Å². The van der Waals surface area contributed by atoms with Crippen molar-refractivity contribution in [1.82, 2.24) is 19.1 Å². The van der Waals surface area contributed by atoms with Gasteiger partial charge in [-0.3, -0.25) is 4.57 Å². The zero-order chi connectivity index (χ0) is 21.1. The lowest BCUT2D eigenvalue weighted by Gasteiger charge is -2.08. The summed E-state index contributed by atoms with van der Waals surface area (Å²) >= 11 is 0. The molecule has 0 aliphatic carbocycles. The molecule has 4 heteroatoms. The molecule has 0 amide bonds. The van der Waals surface area contributed by atoms with Crippen molar-refractivity contribution in [2.75, 3.05) is 0 Å². The maximum atomic E-state index is 5.12. The van der Waals surface area contributed by atoms with Gasteiger partial charge in [0.15, 0.2) is 0 Å². The van der Waals surface area contributed by atoms with E-state index in [0.717, 1.165) is 38.7 Å². The summed E-state index contributed by atoms with van der Waals surface area (Å²) in [4.78, 5) is 9.99. The van der Waals surface area contributed by atoms with Gasteiger partial charge in [-0.05, 0) is 30.3 Å². The Morgan fingerprint density at radius 3 is 1.66 bits per heavy atom. The van der Waals surface area contributed by atoms with E-state index >= 15 is 0 Å². The van der Waals surface area contributed by atoms with Crippen molar-refractivity contribution in [1.29, 1.82) is 0 Å². The van der Waals surface area contributed by atoms with Crippen LogP contribution in [0.3, 0.4) is 0 Å². The molecule has 0 N–H and O–H groups in total. The van der Waals surface area contributed by atoms with Crippen molar-refractivity contribution in [3.8, 4) is 11.6 Å². The number of hydrogen-bond donors (Lipinski definition) is 0. The van der Waals surface area contributed by atoms with Crippen LogP contribution in [0.4, 0.5) is 0 Å². The second-order valence-corrected chi connectivity index (χ2v) is 7.96. The Hall–Kier alpha value is -4.44. The average Bonchev–Trinajstić information content (AvgIpc) is 3.37. The summed E-state index contributed by atoms with van der Waals surface area (Å²) < 4.78 is 4.40. The smallest absolute Gasteiger partial charge is 0.235 e. The topological polar surface area (TPSA) is 35.6 Å². The Kier molecular flexibility index (Phi) is 3.52. The van der Waals surface area contributed by atoms with Crippen LogP contribution in [0.1, 0.15) is 0 Å². The molecule has 7 aromatic rings. The van der Waals surface area contributed by atoms with Gasteiger partial charge < -0.3 is 4.57 Å². The fraction of sp³-hybridized carbons (Fsp3) is 0. The first-order valence-corrected chi connectivity index (χ1v) is 10.7. The van der Waals surface area contributed by atoms with E-state index in [1.54, 1.807) is 0 Å². The van der Waals surface area contributed by atoms with E-state index < -0.39 is 0 Å². The standard InChI is InChI=1S/C28H18N4/c1-2-10-19(11-3-1)31-25-17-9-6-14-22(25)27-26(31)18-29-28(30-27)32-23-15-7-4-12-20(23)21-13-5-8-16-24(21)32/h1-18H. The molecule has 150 valence electrons. The fourth-order valence-corrected chi connectivity index (χ4v) is 4.83. The lowest BCUT2D eigenvalue weighted by atomic mass is 10.2. The number of para-hydroxylation sites is 4. The second kappa shape index (κ2) is 6.53. The van der Waals surface area contributed by atoms with Crippen LogP contribution in [0, 0.1) is 0 Å². The highest BCUT2D eigenvalue weighted by Crippen LogP contribution is 2.33. The molecule has 0 fully saturated rings. The highest BCUT2D eigenvalue weighted by Gasteiger charge is 2.17. The zero-order valence-corrected chi connectivity index (χ0v) is 17.2. The average molecular weight is 410 g/mol. The highest BCUT2D eigenvalue weighted by molar-refractivity contribution is 6.10. The third-order valence-corrected chi connectivity index (χ3v) is 6.19. The predicted molar refractivity (Wildman–Crippen MR) is 131 cm³/mol. The predicted octanol–water partition coefficient (Wildman–Crippen LogP) is 6.67. The molecule has 0 radical (unpaired) electrons. The molecule has 0 bridgehead atoms. The van der Waals surface area contributed by atoms with E-state index in [9.17, 15) is 0 Å². The van der Waals surface area contributed by atoms with Gasteiger partial charge in [-0.25, -0.2) is 9.97 Å². The van der Waals surface area contributed by atoms with Gasteiger partial charge >= 0.3 is 0 Å². The Balaban J connectivity index is 1.59. The van der Waals surface area contributed by atoms with Gasteiger partial charge in [0, 0.05) is 21.8 Å². The van der Waals surface area contributed by atoms with Gasteiger partial charge in [0.25, 0.3) is 0 Å². The van der Waals surface area contributed by atoms with Crippen molar-refractivity contribution in [2.45, 2.75) is 0 Å². The molecular formula is C28H18N4. The van der Waals surface area contributed by atoms with Gasteiger partial charge in [0.1, 0.15) is 5.52 Å². The molecule has 0 atom stereocenters. The Bertz CT molecular complexity index is 1720. The molecular weight excluding hydrogens is 392 g/mol. The lowest BCUT2D eigenvalue weighted by Crippen LogP contribution is -2.01. The Labute approximate surface area is 184 Å². The molecule has 4 nitrogen and oxygen atoms in total. The fourth-order valence-electron chi connectivity index (χ4n) is 4.83. The van der Waals surface area contributed by atoms with Crippen LogP contribution < -0.4 is 0 Å². The number of nitrogens with zero attached hydrogens (tertiary/aromatic N) is 4. The monoisotopic (exact) mass is 410 g/mol. The zero-order valence-electron chi connectivity index (χ0n) is 17.2. The number of benzene rings is 4. The molecule has 0 saturated heterocycles. The highest BCUT2D eigenvalue weighted by atomic mass is 15.2. The van der Waals surface area contributed by atoms with Crippen molar-refractivity contribution in [3.63, 3.8) is 0 Å². The van der Waals surface area contributed by atoms with Crippen LogP contribution in [0.15, 0.2) is 109 Å². The second-order valence-electron chi connectivity index (χ2n) is 7.96. The van der Waals surface area contributed by atoms with E-state index in [2.05, 4.69) is 106 Å². The van der Waals surface area contributed by atoms with E-state index in [1.807, 2.05) is 12.3 Å². The number of rotatable bonds is 2. The van der Waals surface area contributed by atoms with Crippen molar-refractivity contribution in [3.05, 3.63) is 109 Å². The third-order valence-electron chi connectivity index (χ3n) is 6.19. The molecule has 3 aromatic heterocycles. The maximum Gasteiger partial charge on any atom is 0.235 e. The quantitative estimate of drug-likeness (QED) is 0.319. The van der Waals surface area contributed by atoms with Gasteiger partial charge in [0.05, 0.1) is 28.3 Å². The first-order chi connectivity index (χ1) is 15.9. The minimum absolute atomic E-state index is 0.686. The minimum Gasteiger partial charge on any atom is -0.306 e. The third kappa shape index (κ3) is 2.32. The van der Waals surface area contributed by atoms with Crippen molar-refractivity contribution < 1.29 is 0 Å².